The first-order valence-corrected chi connectivity index (χ1v) is 21.5. The van der Waals surface area contributed by atoms with Crippen LogP contribution in [0.5, 0.6) is 0 Å². The third-order valence-electron chi connectivity index (χ3n) is 11.1. The maximum Gasteiger partial charge on any atom is 0.433 e. The summed E-state index contributed by atoms with van der Waals surface area (Å²) in [6, 6.07) is 4.36. The molecular formula is C41H55Br2F6N5O5. The lowest BCUT2D eigenvalue weighted by molar-refractivity contribution is -0.142. The minimum Gasteiger partial charge on any atom is -0.444 e. The summed E-state index contributed by atoms with van der Waals surface area (Å²) in [5.74, 6) is 0. The van der Waals surface area contributed by atoms with Gasteiger partial charge in [-0.05, 0) is 160 Å². The quantitative estimate of drug-likeness (QED) is 0.170. The van der Waals surface area contributed by atoms with Crippen LogP contribution in [-0.2, 0) is 28.4 Å². The average Bonchev–Trinajstić information content (AvgIpc) is 3.74. The van der Waals surface area contributed by atoms with Crippen molar-refractivity contribution in [2.75, 3.05) is 32.7 Å². The van der Waals surface area contributed by atoms with Crippen LogP contribution in [0, 0.1) is 5.41 Å². The molecule has 4 aliphatic rings. The number of rotatable bonds is 3. The molecule has 2 amide bonds. The molecule has 0 radical (unpaired) electrons. The van der Waals surface area contributed by atoms with Gasteiger partial charge in [-0.2, -0.15) is 26.3 Å². The van der Waals surface area contributed by atoms with Crippen LogP contribution in [0.15, 0.2) is 33.5 Å². The van der Waals surface area contributed by atoms with Gasteiger partial charge in [0.1, 0.15) is 31.8 Å². The van der Waals surface area contributed by atoms with Crippen LogP contribution in [0.1, 0.15) is 133 Å². The summed E-state index contributed by atoms with van der Waals surface area (Å²) in [5, 5.41) is 0. The summed E-state index contributed by atoms with van der Waals surface area (Å²) < 4.78 is 85.7. The minimum atomic E-state index is -4.48. The minimum absolute atomic E-state index is 0.0271. The van der Waals surface area contributed by atoms with Crippen molar-refractivity contribution in [2.24, 2.45) is 5.41 Å². The lowest BCUT2D eigenvalue weighted by Crippen LogP contribution is -2.53. The smallest absolute Gasteiger partial charge is 0.433 e. The number of hydrogen-bond acceptors (Lipinski definition) is 8. The predicted molar refractivity (Wildman–Crippen MR) is 217 cm³/mol. The Morgan fingerprint density at radius 2 is 1.12 bits per heavy atom. The molecule has 18 heteroatoms. The van der Waals surface area contributed by atoms with Gasteiger partial charge in [-0.15, -0.1) is 0 Å². The molecule has 4 fully saturated rings. The fraction of sp³-hybridized carbons (Fsp3) is 0.683. The zero-order chi connectivity index (χ0) is 44.0. The second-order valence-corrected chi connectivity index (χ2v) is 19.2. The van der Waals surface area contributed by atoms with Crippen molar-refractivity contribution in [3.63, 3.8) is 0 Å². The molecule has 5 heterocycles. The molecule has 3 saturated heterocycles. The van der Waals surface area contributed by atoms with Gasteiger partial charge in [-0.3, -0.25) is 9.69 Å². The molecule has 3 aliphatic heterocycles. The molecule has 0 unspecified atom stereocenters. The summed E-state index contributed by atoms with van der Waals surface area (Å²) in [6.07, 6.45) is 2.65. The molecule has 0 atom stereocenters. The number of piperidine rings is 2. The summed E-state index contributed by atoms with van der Waals surface area (Å²) in [4.78, 5) is 47.3. The topological polar surface area (TPSA) is 105 Å². The van der Waals surface area contributed by atoms with E-state index in [0.717, 1.165) is 69.1 Å². The van der Waals surface area contributed by atoms with Crippen LogP contribution >= 0.6 is 31.9 Å². The van der Waals surface area contributed by atoms with Gasteiger partial charge < -0.3 is 19.3 Å². The summed E-state index contributed by atoms with van der Waals surface area (Å²) >= 11 is 5.97. The molecule has 0 bridgehead atoms. The van der Waals surface area contributed by atoms with Gasteiger partial charge in [0.2, 0.25) is 0 Å². The van der Waals surface area contributed by atoms with Gasteiger partial charge in [-0.1, -0.05) is 18.9 Å². The lowest BCUT2D eigenvalue weighted by Gasteiger charge is -2.45. The van der Waals surface area contributed by atoms with Crippen molar-refractivity contribution in [1.82, 2.24) is 24.7 Å². The van der Waals surface area contributed by atoms with Crippen molar-refractivity contribution in [1.29, 1.82) is 0 Å². The number of aldehydes is 1. The normalized spacial score (nSPS) is 19.4. The van der Waals surface area contributed by atoms with E-state index in [0.29, 0.717) is 31.3 Å². The van der Waals surface area contributed by atoms with Crippen molar-refractivity contribution in [3.8, 4) is 0 Å². The van der Waals surface area contributed by atoms with E-state index >= 15 is 0 Å². The highest BCUT2D eigenvalue weighted by Gasteiger charge is 2.45. The first kappa shape index (κ1) is 48.7. The molecule has 10 nitrogen and oxygen atoms in total. The highest BCUT2D eigenvalue weighted by Crippen LogP contribution is 2.46. The number of nitrogens with zero attached hydrogens (tertiary/aromatic N) is 5. The highest BCUT2D eigenvalue weighted by molar-refractivity contribution is 9.10. The molecule has 6 rings (SSSR count). The largest absolute Gasteiger partial charge is 0.444 e. The second-order valence-electron chi connectivity index (χ2n) is 17.7. The number of carbonyl (C=O) groups is 3. The monoisotopic (exact) mass is 969 g/mol. The van der Waals surface area contributed by atoms with E-state index in [4.69, 9.17) is 9.47 Å². The van der Waals surface area contributed by atoms with Gasteiger partial charge >= 0.3 is 24.5 Å². The number of aromatic nitrogens is 2. The molecular weight excluding hydrogens is 916 g/mol. The van der Waals surface area contributed by atoms with Crippen LogP contribution in [0.4, 0.5) is 35.9 Å². The first-order valence-electron chi connectivity index (χ1n) is 19.9. The molecule has 59 heavy (non-hydrogen) atoms. The van der Waals surface area contributed by atoms with Gasteiger partial charge in [-0.25, -0.2) is 19.6 Å². The molecule has 2 aromatic heterocycles. The number of carbonyl (C=O) groups excluding carboxylic acids is 3. The highest BCUT2D eigenvalue weighted by atomic mass is 79.9. The molecule has 0 N–H and O–H groups in total. The Morgan fingerprint density at radius 1 is 0.661 bits per heavy atom. The second kappa shape index (κ2) is 19.4. The molecule has 2 aromatic rings. The summed E-state index contributed by atoms with van der Waals surface area (Å²) in [5.41, 5.74) is -1.44. The van der Waals surface area contributed by atoms with E-state index in [1.54, 1.807) is 4.90 Å². The lowest BCUT2D eigenvalue weighted by atomic mass is 9.77. The Hall–Kier alpha value is -2.99. The Labute approximate surface area is 359 Å². The average molecular weight is 972 g/mol. The number of ether oxygens (including phenoxy) is 2. The number of likely N-dealkylation sites (tertiary alicyclic amines) is 3. The van der Waals surface area contributed by atoms with Crippen molar-refractivity contribution in [2.45, 2.75) is 141 Å². The third-order valence-corrected chi connectivity index (χ3v) is 12.4. The first-order chi connectivity index (χ1) is 27.2. The van der Waals surface area contributed by atoms with E-state index in [1.807, 2.05) is 46.4 Å². The predicted octanol–water partition coefficient (Wildman–Crippen LogP) is 11.5. The third kappa shape index (κ3) is 14.0. The number of amides is 2. The van der Waals surface area contributed by atoms with Crippen LogP contribution in [0.3, 0.4) is 0 Å². The van der Waals surface area contributed by atoms with E-state index in [2.05, 4.69) is 46.7 Å². The number of pyridine rings is 2. The van der Waals surface area contributed by atoms with Gasteiger partial charge in [0.05, 0.1) is 0 Å². The standard InChI is InChI=1S/C20H27BrF3N3O2.C14H25NO2.C7H3BrF3NO/c1-18(2,3)29-17(28)26-11-8-19(9-12-26)7-4-10-27(19)13-14-5-6-15(20(22,23)24)25-16(14)21;1-13(2,3)17-12(16)15-10-8-14(9-11-15)6-4-5-7-14;8-6-4(3-13)1-2-5(12-6)7(9,10)11/h5-6H,4,7-13H2,1-3H3;4-11H2,1-3H3;1-3H. The number of alkyl halides is 6. The maximum absolute atomic E-state index is 12.9. The van der Waals surface area contributed by atoms with Crippen molar-refractivity contribution < 1.29 is 50.2 Å². The summed E-state index contributed by atoms with van der Waals surface area (Å²) in [7, 11) is 0. The van der Waals surface area contributed by atoms with E-state index < -0.39 is 29.3 Å². The van der Waals surface area contributed by atoms with Crippen molar-refractivity contribution >= 4 is 50.3 Å². The SMILES string of the molecule is CC(C)(C)OC(=O)N1CCC2(CCCC2)CC1.CC(C)(C)OC(=O)N1CCC2(CCCN2Cc2ccc(C(F)(F)F)nc2Br)CC1.O=Cc1ccc(C(F)(F)F)nc1Br. The molecule has 2 spiro atoms. The van der Waals surface area contributed by atoms with Crippen LogP contribution in [-0.4, -0.2) is 92.6 Å². The van der Waals surface area contributed by atoms with E-state index in [-0.39, 0.29) is 38.1 Å². The Balaban J connectivity index is 0.000000216. The Bertz CT molecular complexity index is 1760. The van der Waals surface area contributed by atoms with Gasteiger partial charge in [0.15, 0.2) is 6.29 Å². The maximum atomic E-state index is 12.9. The summed E-state index contributed by atoms with van der Waals surface area (Å²) in [6.45, 7) is 15.8. The Morgan fingerprint density at radius 3 is 1.54 bits per heavy atom. The van der Waals surface area contributed by atoms with Crippen molar-refractivity contribution in [3.05, 3.63) is 56.0 Å². The van der Waals surface area contributed by atoms with Crippen LogP contribution < -0.4 is 0 Å². The van der Waals surface area contributed by atoms with Gasteiger partial charge in [0, 0.05) is 43.8 Å². The van der Waals surface area contributed by atoms with E-state index in [9.17, 15) is 40.7 Å². The van der Waals surface area contributed by atoms with E-state index in [1.165, 1.54) is 44.6 Å². The molecule has 1 saturated carbocycles. The zero-order valence-electron chi connectivity index (χ0n) is 34.5. The van der Waals surface area contributed by atoms with Crippen LogP contribution in [0.25, 0.3) is 0 Å². The number of halogens is 8. The fourth-order valence-corrected chi connectivity index (χ4v) is 8.86. The Kier molecular flexibility index (Phi) is 16.0. The van der Waals surface area contributed by atoms with Crippen LogP contribution in [0.2, 0.25) is 0 Å². The van der Waals surface area contributed by atoms with Gasteiger partial charge in [0.25, 0.3) is 0 Å². The zero-order valence-corrected chi connectivity index (χ0v) is 37.7. The fourth-order valence-electron chi connectivity index (χ4n) is 7.99. The molecule has 330 valence electrons. The molecule has 1 aliphatic carbocycles. The number of hydrogen-bond donors (Lipinski definition) is 0. The molecule has 0 aromatic carbocycles.